The van der Waals surface area contributed by atoms with E-state index in [1.165, 1.54) is 6.26 Å². The molecule has 0 aliphatic carbocycles. The van der Waals surface area contributed by atoms with E-state index in [1.807, 2.05) is 20.2 Å². The molecular weight excluding hydrogens is 168 g/mol. The molecule has 2 heterocycles. The van der Waals surface area contributed by atoms with E-state index in [1.54, 1.807) is 10.9 Å². The molecule has 0 amide bonds. The second-order valence-electron chi connectivity index (χ2n) is 2.63. The highest BCUT2D eigenvalue weighted by atomic mass is 16.3. The van der Waals surface area contributed by atoms with Gasteiger partial charge in [-0.25, -0.2) is 4.98 Å². The topological polar surface area (TPSA) is 55.9 Å². The molecule has 0 aliphatic rings. The number of oxazole rings is 1. The highest BCUT2D eigenvalue weighted by Crippen LogP contribution is 2.18. The number of nitrogens with one attached hydrogen (secondary N) is 1. The van der Waals surface area contributed by atoms with Crippen molar-refractivity contribution in [3.63, 3.8) is 0 Å². The highest BCUT2D eigenvalue weighted by Gasteiger charge is 2.08. The molecule has 0 radical (unpaired) electrons. The van der Waals surface area contributed by atoms with Crippen molar-refractivity contribution >= 4 is 5.82 Å². The number of aryl methyl sites for hydroxylation is 1. The lowest BCUT2D eigenvalue weighted by atomic mass is 10.4. The molecule has 0 spiro atoms. The van der Waals surface area contributed by atoms with Gasteiger partial charge in [0.05, 0.1) is 6.20 Å². The van der Waals surface area contributed by atoms with Gasteiger partial charge in [0.2, 0.25) is 5.89 Å². The molecule has 0 saturated heterocycles. The van der Waals surface area contributed by atoms with Crippen molar-refractivity contribution < 1.29 is 4.42 Å². The fourth-order valence-corrected chi connectivity index (χ4v) is 1.16. The van der Waals surface area contributed by atoms with Crippen LogP contribution in [0, 0.1) is 0 Å². The smallest absolute Gasteiger partial charge is 0.246 e. The monoisotopic (exact) mass is 178 g/mol. The van der Waals surface area contributed by atoms with Crippen LogP contribution in [0.15, 0.2) is 22.9 Å². The van der Waals surface area contributed by atoms with Crippen molar-refractivity contribution in [3.05, 3.63) is 18.5 Å². The third kappa shape index (κ3) is 1.28. The molecule has 0 atom stereocenters. The molecule has 2 aromatic rings. The summed E-state index contributed by atoms with van der Waals surface area (Å²) in [5.74, 6) is 1.46. The average molecular weight is 178 g/mol. The van der Waals surface area contributed by atoms with Crippen LogP contribution in [0.25, 0.3) is 11.6 Å². The third-order valence-electron chi connectivity index (χ3n) is 1.79. The van der Waals surface area contributed by atoms with Gasteiger partial charge >= 0.3 is 0 Å². The zero-order chi connectivity index (χ0) is 9.26. The maximum absolute atomic E-state index is 5.12. The third-order valence-corrected chi connectivity index (χ3v) is 1.79. The Morgan fingerprint density at radius 1 is 1.54 bits per heavy atom. The Balaban J connectivity index is 2.43. The Hall–Kier alpha value is -1.78. The van der Waals surface area contributed by atoms with E-state index in [4.69, 9.17) is 4.42 Å². The van der Waals surface area contributed by atoms with E-state index in [-0.39, 0.29) is 0 Å². The van der Waals surface area contributed by atoms with Crippen molar-refractivity contribution in [1.82, 2.24) is 14.8 Å². The van der Waals surface area contributed by atoms with Crippen LogP contribution in [-0.2, 0) is 7.05 Å². The Labute approximate surface area is 75.4 Å². The van der Waals surface area contributed by atoms with Gasteiger partial charge < -0.3 is 9.73 Å². The van der Waals surface area contributed by atoms with Crippen LogP contribution in [-0.4, -0.2) is 21.8 Å². The van der Waals surface area contributed by atoms with Crippen LogP contribution in [0.3, 0.4) is 0 Å². The largest absolute Gasteiger partial charge is 0.443 e. The summed E-state index contributed by atoms with van der Waals surface area (Å²) in [6.07, 6.45) is 3.13. The molecule has 68 valence electrons. The van der Waals surface area contributed by atoms with E-state index >= 15 is 0 Å². The number of nitrogens with zero attached hydrogens (tertiary/aromatic N) is 3. The maximum atomic E-state index is 5.12. The van der Waals surface area contributed by atoms with Gasteiger partial charge in [0.1, 0.15) is 17.8 Å². The molecule has 0 unspecified atom stereocenters. The number of anilines is 1. The Morgan fingerprint density at radius 2 is 2.38 bits per heavy atom. The Kier molecular flexibility index (Phi) is 1.77. The van der Waals surface area contributed by atoms with Crippen LogP contribution < -0.4 is 5.32 Å². The molecule has 13 heavy (non-hydrogen) atoms. The van der Waals surface area contributed by atoms with Crippen molar-refractivity contribution in [2.45, 2.75) is 0 Å². The van der Waals surface area contributed by atoms with Crippen LogP contribution in [0.2, 0.25) is 0 Å². The summed E-state index contributed by atoms with van der Waals surface area (Å²) in [5.41, 5.74) is 0.733. The lowest BCUT2D eigenvalue weighted by Gasteiger charge is -1.95. The highest BCUT2D eigenvalue weighted by molar-refractivity contribution is 5.54. The van der Waals surface area contributed by atoms with Gasteiger partial charge in [-0.15, -0.1) is 0 Å². The minimum absolute atomic E-state index is 0.539. The molecule has 0 saturated carbocycles. The first-order chi connectivity index (χ1) is 6.31. The molecule has 5 nitrogen and oxygen atoms in total. The normalized spacial score (nSPS) is 10.3. The molecule has 0 aromatic carbocycles. The summed E-state index contributed by atoms with van der Waals surface area (Å²) in [7, 11) is 3.70. The van der Waals surface area contributed by atoms with Gasteiger partial charge in [-0.2, -0.15) is 5.10 Å². The summed E-state index contributed by atoms with van der Waals surface area (Å²) >= 11 is 0. The summed E-state index contributed by atoms with van der Waals surface area (Å²) in [4.78, 5) is 4.00. The van der Waals surface area contributed by atoms with Crippen molar-refractivity contribution in [3.8, 4) is 11.6 Å². The van der Waals surface area contributed by atoms with Gasteiger partial charge in [-0.3, -0.25) is 4.68 Å². The van der Waals surface area contributed by atoms with Crippen LogP contribution >= 0.6 is 0 Å². The van der Waals surface area contributed by atoms with Gasteiger partial charge in [0, 0.05) is 20.2 Å². The fraction of sp³-hybridized carbons (Fsp3) is 0.250. The lowest BCUT2D eigenvalue weighted by molar-refractivity contribution is 0.570. The van der Waals surface area contributed by atoms with Gasteiger partial charge in [-0.05, 0) is 0 Å². The summed E-state index contributed by atoms with van der Waals surface area (Å²) in [6.45, 7) is 0. The first-order valence-corrected chi connectivity index (χ1v) is 3.93. The Bertz CT molecular complexity index is 390. The molecule has 1 N–H and O–H groups in total. The molecule has 0 bridgehead atoms. The zero-order valence-corrected chi connectivity index (χ0v) is 7.48. The van der Waals surface area contributed by atoms with Gasteiger partial charge in [0.15, 0.2) is 0 Å². The van der Waals surface area contributed by atoms with Gasteiger partial charge in [-0.1, -0.05) is 0 Å². The fourth-order valence-electron chi connectivity index (χ4n) is 1.16. The maximum Gasteiger partial charge on any atom is 0.246 e. The van der Waals surface area contributed by atoms with Crippen molar-refractivity contribution in [2.24, 2.45) is 7.05 Å². The standard InChI is InChI=1S/C8H10N4O/c1-9-7-5-6(11-12(7)2)8-10-3-4-13-8/h3-5,9H,1-2H3. The molecular formula is C8H10N4O. The summed E-state index contributed by atoms with van der Waals surface area (Å²) in [6, 6.07) is 1.88. The quantitative estimate of drug-likeness (QED) is 0.748. The molecule has 0 fully saturated rings. The summed E-state index contributed by atoms with van der Waals surface area (Å²) in [5, 5.41) is 7.23. The van der Waals surface area contributed by atoms with Crippen LogP contribution in [0.1, 0.15) is 0 Å². The predicted molar refractivity (Wildman–Crippen MR) is 48.3 cm³/mol. The van der Waals surface area contributed by atoms with Crippen LogP contribution in [0.4, 0.5) is 5.82 Å². The summed E-state index contributed by atoms with van der Waals surface area (Å²) < 4.78 is 6.85. The Morgan fingerprint density at radius 3 is 2.92 bits per heavy atom. The van der Waals surface area contributed by atoms with Gasteiger partial charge in [0.25, 0.3) is 0 Å². The number of hydrogen-bond donors (Lipinski definition) is 1. The minimum Gasteiger partial charge on any atom is -0.443 e. The number of aromatic nitrogens is 3. The number of hydrogen-bond acceptors (Lipinski definition) is 4. The van der Waals surface area contributed by atoms with Crippen LogP contribution in [0.5, 0.6) is 0 Å². The molecule has 2 rings (SSSR count). The molecule has 5 heteroatoms. The first-order valence-electron chi connectivity index (χ1n) is 3.93. The second kappa shape index (κ2) is 2.93. The minimum atomic E-state index is 0.539. The first kappa shape index (κ1) is 7.85. The van der Waals surface area contributed by atoms with Crippen molar-refractivity contribution in [2.75, 3.05) is 12.4 Å². The zero-order valence-electron chi connectivity index (χ0n) is 7.48. The van der Waals surface area contributed by atoms with E-state index in [0.29, 0.717) is 5.89 Å². The lowest BCUT2D eigenvalue weighted by Crippen LogP contribution is -1.97. The average Bonchev–Trinajstić information content (AvgIpc) is 2.71. The van der Waals surface area contributed by atoms with E-state index in [0.717, 1.165) is 11.5 Å². The molecule has 2 aromatic heterocycles. The van der Waals surface area contributed by atoms with E-state index < -0.39 is 0 Å². The predicted octanol–water partition coefficient (Wildman–Crippen LogP) is 1.12. The SMILES string of the molecule is CNc1cc(-c2ncco2)nn1C. The second-order valence-corrected chi connectivity index (χ2v) is 2.63. The number of rotatable bonds is 2. The van der Waals surface area contributed by atoms with Crippen molar-refractivity contribution in [1.29, 1.82) is 0 Å². The van der Waals surface area contributed by atoms with E-state index in [9.17, 15) is 0 Å². The van der Waals surface area contributed by atoms with E-state index in [2.05, 4.69) is 15.4 Å². The molecule has 0 aliphatic heterocycles.